The molecule has 140 valence electrons. The fourth-order valence-corrected chi connectivity index (χ4v) is 3.25. The molecule has 2 aromatic carbocycles. The summed E-state index contributed by atoms with van der Waals surface area (Å²) in [7, 11) is -1.91. The summed E-state index contributed by atoms with van der Waals surface area (Å²) in [6.45, 7) is 3.56. The Bertz CT molecular complexity index is 819. The summed E-state index contributed by atoms with van der Waals surface area (Å²) < 4.78 is 32.7. The van der Waals surface area contributed by atoms with Crippen molar-refractivity contribution in [2.45, 2.75) is 11.8 Å². The van der Waals surface area contributed by atoms with Crippen molar-refractivity contribution in [3.05, 3.63) is 54.1 Å². The summed E-state index contributed by atoms with van der Waals surface area (Å²) in [5, 5.41) is 5.69. The van der Waals surface area contributed by atoms with Gasteiger partial charge in [0.25, 0.3) is 15.9 Å². The Morgan fingerprint density at radius 2 is 1.65 bits per heavy atom. The third-order valence-corrected chi connectivity index (χ3v) is 4.90. The van der Waals surface area contributed by atoms with E-state index in [1.54, 1.807) is 43.4 Å². The first-order chi connectivity index (χ1) is 12.5. The number of carbonyl (C=O) groups is 1. The number of nitrogens with one attached hydrogen (secondary N) is 3. The fourth-order valence-electron chi connectivity index (χ4n) is 2.19. The maximum Gasteiger partial charge on any atom is 0.261 e. The van der Waals surface area contributed by atoms with Gasteiger partial charge in [-0.1, -0.05) is 0 Å². The average Bonchev–Trinajstić information content (AvgIpc) is 2.63. The normalized spacial score (nSPS) is 11.0. The lowest BCUT2D eigenvalue weighted by molar-refractivity contribution is 0.0954. The quantitative estimate of drug-likeness (QED) is 0.580. The zero-order chi connectivity index (χ0) is 19.0. The van der Waals surface area contributed by atoms with Crippen LogP contribution < -0.4 is 20.1 Å². The number of ether oxygens (including phenoxy) is 1. The largest absolute Gasteiger partial charge is 0.494 e. The van der Waals surface area contributed by atoms with E-state index in [1.807, 2.05) is 6.92 Å². The van der Waals surface area contributed by atoms with Crippen LogP contribution in [-0.2, 0) is 10.0 Å². The van der Waals surface area contributed by atoms with Gasteiger partial charge in [-0.2, -0.15) is 0 Å². The second-order valence-corrected chi connectivity index (χ2v) is 7.13. The number of hydrogen-bond acceptors (Lipinski definition) is 5. The lowest BCUT2D eigenvalue weighted by Gasteiger charge is -2.10. The van der Waals surface area contributed by atoms with Gasteiger partial charge in [0, 0.05) is 24.3 Å². The molecular formula is C18H23N3O4S. The van der Waals surface area contributed by atoms with Gasteiger partial charge in [-0.05, 0) is 62.5 Å². The molecule has 0 atom stereocenters. The minimum absolute atomic E-state index is 0.134. The molecule has 26 heavy (non-hydrogen) atoms. The average molecular weight is 377 g/mol. The molecule has 2 rings (SSSR count). The third kappa shape index (κ3) is 5.47. The van der Waals surface area contributed by atoms with Crippen LogP contribution >= 0.6 is 0 Å². The smallest absolute Gasteiger partial charge is 0.261 e. The summed E-state index contributed by atoms with van der Waals surface area (Å²) in [5.74, 6) is 0.404. The molecule has 0 aliphatic rings. The van der Waals surface area contributed by atoms with Crippen LogP contribution in [0.1, 0.15) is 17.3 Å². The number of likely N-dealkylation sites (N-methyl/N-ethyl adjacent to an activating group) is 1. The van der Waals surface area contributed by atoms with Gasteiger partial charge in [0.1, 0.15) is 5.75 Å². The van der Waals surface area contributed by atoms with Crippen molar-refractivity contribution >= 4 is 21.6 Å². The molecule has 7 nitrogen and oxygen atoms in total. The van der Waals surface area contributed by atoms with Gasteiger partial charge in [0.05, 0.1) is 11.5 Å². The van der Waals surface area contributed by atoms with Crippen molar-refractivity contribution in [1.29, 1.82) is 0 Å². The van der Waals surface area contributed by atoms with Crippen molar-refractivity contribution in [3.8, 4) is 5.75 Å². The van der Waals surface area contributed by atoms with E-state index < -0.39 is 10.0 Å². The van der Waals surface area contributed by atoms with E-state index in [9.17, 15) is 13.2 Å². The molecule has 0 aromatic heterocycles. The topological polar surface area (TPSA) is 96.5 Å². The van der Waals surface area contributed by atoms with Crippen LogP contribution in [0.5, 0.6) is 5.75 Å². The summed E-state index contributed by atoms with van der Waals surface area (Å²) in [5.41, 5.74) is 0.843. The highest BCUT2D eigenvalue weighted by atomic mass is 32.2. The zero-order valence-corrected chi connectivity index (χ0v) is 15.6. The SMILES string of the molecule is CCOc1ccc(S(=O)(=O)Nc2ccc(C(=O)NCCNC)cc2)cc1. The Morgan fingerprint density at radius 1 is 1.00 bits per heavy atom. The maximum absolute atomic E-state index is 12.4. The van der Waals surface area contributed by atoms with Gasteiger partial charge in [0.2, 0.25) is 0 Å². The van der Waals surface area contributed by atoms with E-state index in [0.717, 1.165) is 0 Å². The molecule has 0 spiro atoms. The maximum atomic E-state index is 12.4. The molecule has 0 fully saturated rings. The van der Waals surface area contributed by atoms with Gasteiger partial charge >= 0.3 is 0 Å². The van der Waals surface area contributed by atoms with Crippen LogP contribution in [0.2, 0.25) is 0 Å². The van der Waals surface area contributed by atoms with Crippen LogP contribution in [-0.4, -0.2) is 41.1 Å². The first-order valence-electron chi connectivity index (χ1n) is 8.25. The van der Waals surface area contributed by atoms with E-state index >= 15 is 0 Å². The Balaban J connectivity index is 2.03. The molecule has 0 aliphatic carbocycles. The van der Waals surface area contributed by atoms with E-state index in [0.29, 0.717) is 36.7 Å². The molecule has 0 aliphatic heterocycles. The predicted molar refractivity (Wildman–Crippen MR) is 101 cm³/mol. The van der Waals surface area contributed by atoms with E-state index in [1.165, 1.54) is 12.1 Å². The number of amides is 1. The summed E-state index contributed by atoms with van der Waals surface area (Å²) in [4.78, 5) is 12.1. The minimum Gasteiger partial charge on any atom is -0.494 e. The monoisotopic (exact) mass is 377 g/mol. The molecule has 2 aromatic rings. The lowest BCUT2D eigenvalue weighted by atomic mass is 10.2. The summed E-state index contributed by atoms with van der Waals surface area (Å²) >= 11 is 0. The summed E-state index contributed by atoms with van der Waals surface area (Å²) in [6.07, 6.45) is 0. The van der Waals surface area contributed by atoms with E-state index in [-0.39, 0.29) is 10.8 Å². The molecule has 0 saturated heterocycles. The first kappa shape index (κ1) is 19.7. The van der Waals surface area contributed by atoms with Gasteiger partial charge in [-0.3, -0.25) is 9.52 Å². The molecule has 0 radical (unpaired) electrons. The number of benzene rings is 2. The molecule has 3 N–H and O–H groups in total. The van der Waals surface area contributed by atoms with Crippen molar-refractivity contribution in [2.75, 3.05) is 31.5 Å². The second-order valence-electron chi connectivity index (χ2n) is 5.45. The number of hydrogen-bond donors (Lipinski definition) is 3. The van der Waals surface area contributed by atoms with Gasteiger partial charge in [0.15, 0.2) is 0 Å². The Hall–Kier alpha value is -2.58. The highest BCUT2D eigenvalue weighted by molar-refractivity contribution is 7.92. The van der Waals surface area contributed by atoms with Crippen LogP contribution in [0.3, 0.4) is 0 Å². The summed E-state index contributed by atoms with van der Waals surface area (Å²) in [6, 6.07) is 12.4. The predicted octanol–water partition coefficient (Wildman–Crippen LogP) is 1.84. The third-order valence-electron chi connectivity index (χ3n) is 3.50. The number of anilines is 1. The molecule has 8 heteroatoms. The van der Waals surface area contributed by atoms with Crippen LogP contribution in [0, 0.1) is 0 Å². The van der Waals surface area contributed by atoms with Crippen molar-refractivity contribution < 1.29 is 17.9 Å². The van der Waals surface area contributed by atoms with Crippen molar-refractivity contribution in [2.24, 2.45) is 0 Å². The standard InChI is InChI=1S/C18H23N3O4S/c1-3-25-16-8-10-17(11-9-16)26(23,24)21-15-6-4-14(5-7-15)18(22)20-13-12-19-2/h4-11,19,21H,3,12-13H2,1-2H3,(H,20,22). The number of sulfonamides is 1. The van der Waals surface area contributed by atoms with Gasteiger partial charge in [-0.15, -0.1) is 0 Å². The highest BCUT2D eigenvalue weighted by Crippen LogP contribution is 2.19. The zero-order valence-electron chi connectivity index (χ0n) is 14.8. The minimum atomic E-state index is -3.71. The molecule has 0 saturated carbocycles. The molecule has 0 bridgehead atoms. The molecule has 0 heterocycles. The molecule has 0 unspecified atom stereocenters. The second kappa shape index (κ2) is 9.21. The number of rotatable bonds is 9. The van der Waals surface area contributed by atoms with Crippen molar-refractivity contribution in [3.63, 3.8) is 0 Å². The van der Waals surface area contributed by atoms with E-state index in [2.05, 4.69) is 15.4 Å². The molecule has 1 amide bonds. The van der Waals surface area contributed by atoms with Crippen LogP contribution in [0.25, 0.3) is 0 Å². The Kier molecular flexibility index (Phi) is 6.99. The van der Waals surface area contributed by atoms with Crippen LogP contribution in [0.4, 0.5) is 5.69 Å². The van der Waals surface area contributed by atoms with Gasteiger partial charge < -0.3 is 15.4 Å². The van der Waals surface area contributed by atoms with E-state index in [4.69, 9.17) is 4.74 Å². The lowest BCUT2D eigenvalue weighted by Crippen LogP contribution is -2.30. The fraction of sp³-hybridized carbons (Fsp3) is 0.278. The van der Waals surface area contributed by atoms with Gasteiger partial charge in [-0.25, -0.2) is 8.42 Å². The Morgan fingerprint density at radius 3 is 2.23 bits per heavy atom. The molecular weight excluding hydrogens is 354 g/mol. The Labute approximate surface area is 153 Å². The highest BCUT2D eigenvalue weighted by Gasteiger charge is 2.14. The van der Waals surface area contributed by atoms with Crippen molar-refractivity contribution in [1.82, 2.24) is 10.6 Å². The van der Waals surface area contributed by atoms with Crippen LogP contribution in [0.15, 0.2) is 53.4 Å². The first-order valence-corrected chi connectivity index (χ1v) is 9.73. The number of carbonyl (C=O) groups excluding carboxylic acids is 1.